The molecule has 1 heterocycles. The lowest BCUT2D eigenvalue weighted by molar-refractivity contribution is 0.124. The lowest BCUT2D eigenvalue weighted by Gasteiger charge is -2.37. The number of alkyl halides is 1. The van der Waals surface area contributed by atoms with Crippen LogP contribution in [0.2, 0.25) is 0 Å². The first kappa shape index (κ1) is 9.49. The van der Waals surface area contributed by atoms with Crippen molar-refractivity contribution in [1.29, 1.82) is 0 Å². The van der Waals surface area contributed by atoms with Crippen molar-refractivity contribution in [2.75, 3.05) is 37.5 Å². The van der Waals surface area contributed by atoms with Crippen LogP contribution in [0.4, 0.5) is 0 Å². The fraction of sp³-hybridized carbons (Fsp3) is 1.00. The third-order valence-electron chi connectivity index (χ3n) is 1.95. The average molecular weight is 196 g/mol. The summed E-state index contributed by atoms with van der Waals surface area (Å²) in [4.78, 5) is 2.30. The van der Waals surface area contributed by atoms with Gasteiger partial charge in [0.25, 0.3) is 0 Å². The van der Waals surface area contributed by atoms with E-state index in [4.69, 9.17) is 11.6 Å². The van der Waals surface area contributed by atoms with Crippen LogP contribution in [0.3, 0.4) is 0 Å². The molecule has 0 amide bonds. The van der Waals surface area contributed by atoms with Crippen molar-refractivity contribution in [3.63, 3.8) is 0 Å². The highest BCUT2D eigenvalue weighted by atomic mass is 35.5. The van der Waals surface area contributed by atoms with Gasteiger partial charge in [0.2, 0.25) is 0 Å². The van der Waals surface area contributed by atoms with Gasteiger partial charge in [0.05, 0.1) is 0 Å². The Labute approximate surface area is 75.4 Å². The number of hydrogen-bond donors (Lipinski definition) is 0. The Balaban J connectivity index is 2.00. The smallest absolute Gasteiger partial charge is 0.0359 e. The molecule has 1 aliphatic heterocycles. The molecule has 0 aliphatic carbocycles. The molecule has 0 spiro atoms. The quantitative estimate of drug-likeness (QED) is 0.611. The molecule has 4 heteroatoms. The van der Waals surface area contributed by atoms with Crippen LogP contribution >= 0.6 is 11.6 Å². The van der Waals surface area contributed by atoms with E-state index >= 15 is 0 Å². The second-order valence-electron chi connectivity index (χ2n) is 3.06. The summed E-state index contributed by atoms with van der Waals surface area (Å²) < 4.78 is 10.7. The highest BCUT2D eigenvalue weighted by Gasteiger charge is 2.24. The SMILES string of the molecule is CS(=O)CCN1CC(CCl)C1. The molecular formula is C7H14ClNOS. The van der Waals surface area contributed by atoms with E-state index in [0.717, 1.165) is 31.3 Å². The second kappa shape index (κ2) is 4.43. The first-order valence-electron chi connectivity index (χ1n) is 3.80. The maximum absolute atomic E-state index is 10.7. The molecule has 66 valence electrons. The van der Waals surface area contributed by atoms with Crippen molar-refractivity contribution >= 4 is 22.4 Å². The molecule has 0 radical (unpaired) electrons. The zero-order valence-electron chi connectivity index (χ0n) is 6.75. The molecule has 1 aliphatic rings. The summed E-state index contributed by atoms with van der Waals surface area (Å²) >= 11 is 5.64. The van der Waals surface area contributed by atoms with E-state index in [1.54, 1.807) is 6.26 Å². The van der Waals surface area contributed by atoms with E-state index in [-0.39, 0.29) is 0 Å². The number of nitrogens with zero attached hydrogens (tertiary/aromatic N) is 1. The molecular weight excluding hydrogens is 182 g/mol. The number of rotatable bonds is 4. The van der Waals surface area contributed by atoms with Crippen molar-refractivity contribution in [1.82, 2.24) is 4.90 Å². The fourth-order valence-electron chi connectivity index (χ4n) is 1.21. The van der Waals surface area contributed by atoms with Gasteiger partial charge in [-0.05, 0) is 5.92 Å². The zero-order chi connectivity index (χ0) is 8.27. The fourth-order valence-corrected chi connectivity index (χ4v) is 1.93. The molecule has 0 N–H and O–H groups in total. The molecule has 2 nitrogen and oxygen atoms in total. The number of likely N-dealkylation sites (tertiary alicyclic amines) is 1. The van der Waals surface area contributed by atoms with Gasteiger partial charge in [-0.1, -0.05) is 0 Å². The molecule has 0 saturated carbocycles. The lowest BCUT2D eigenvalue weighted by atomic mass is 10.0. The first-order valence-corrected chi connectivity index (χ1v) is 6.07. The van der Waals surface area contributed by atoms with E-state index in [2.05, 4.69) is 4.90 Å². The number of halogens is 1. The molecule has 0 bridgehead atoms. The van der Waals surface area contributed by atoms with Gasteiger partial charge in [0.1, 0.15) is 0 Å². The third kappa shape index (κ3) is 3.09. The van der Waals surface area contributed by atoms with Gasteiger partial charge in [0.15, 0.2) is 0 Å². The van der Waals surface area contributed by atoms with Gasteiger partial charge in [-0.25, -0.2) is 0 Å². The van der Waals surface area contributed by atoms with E-state index in [1.807, 2.05) is 0 Å². The van der Waals surface area contributed by atoms with Gasteiger partial charge in [-0.2, -0.15) is 0 Å². The Hall–Kier alpha value is 0.400. The second-order valence-corrected chi connectivity index (χ2v) is 4.92. The van der Waals surface area contributed by atoms with Crippen molar-refractivity contribution in [2.24, 2.45) is 5.92 Å². The van der Waals surface area contributed by atoms with Crippen molar-refractivity contribution < 1.29 is 4.21 Å². The molecule has 1 fully saturated rings. The molecule has 0 aromatic heterocycles. The maximum atomic E-state index is 10.7. The summed E-state index contributed by atoms with van der Waals surface area (Å²) in [6.07, 6.45) is 1.75. The molecule has 0 aromatic rings. The summed E-state index contributed by atoms with van der Waals surface area (Å²) in [5.41, 5.74) is 0. The largest absolute Gasteiger partial charge is 0.302 e. The molecule has 0 aromatic carbocycles. The molecule has 1 atom stereocenters. The summed E-state index contributed by atoms with van der Waals surface area (Å²) in [5.74, 6) is 2.25. The summed E-state index contributed by atoms with van der Waals surface area (Å²) in [6, 6.07) is 0. The molecule has 1 saturated heterocycles. The van der Waals surface area contributed by atoms with Crippen LogP contribution in [-0.2, 0) is 10.8 Å². The van der Waals surface area contributed by atoms with Crippen LogP contribution in [0.5, 0.6) is 0 Å². The monoisotopic (exact) mass is 195 g/mol. The van der Waals surface area contributed by atoms with Crippen molar-refractivity contribution in [3.05, 3.63) is 0 Å². The van der Waals surface area contributed by atoms with Crippen LogP contribution in [0.15, 0.2) is 0 Å². The summed E-state index contributed by atoms with van der Waals surface area (Å²) in [5, 5.41) is 0. The Morgan fingerprint density at radius 2 is 2.27 bits per heavy atom. The summed E-state index contributed by atoms with van der Waals surface area (Å²) in [6.45, 7) is 3.16. The van der Waals surface area contributed by atoms with E-state index in [1.165, 1.54) is 0 Å². The van der Waals surface area contributed by atoms with E-state index in [0.29, 0.717) is 5.92 Å². The zero-order valence-corrected chi connectivity index (χ0v) is 8.33. The topological polar surface area (TPSA) is 20.3 Å². The number of hydrogen-bond acceptors (Lipinski definition) is 2. The third-order valence-corrected chi connectivity index (χ3v) is 3.14. The van der Waals surface area contributed by atoms with E-state index in [9.17, 15) is 4.21 Å². The van der Waals surface area contributed by atoms with Gasteiger partial charge >= 0.3 is 0 Å². The Kier molecular flexibility index (Phi) is 3.82. The molecule has 1 unspecified atom stereocenters. The standard InChI is InChI=1S/C7H14ClNOS/c1-11(10)3-2-9-5-7(4-8)6-9/h7H,2-6H2,1H3. The maximum Gasteiger partial charge on any atom is 0.0359 e. The van der Waals surface area contributed by atoms with Crippen LogP contribution < -0.4 is 0 Å². The van der Waals surface area contributed by atoms with Gasteiger partial charge < -0.3 is 4.90 Å². The van der Waals surface area contributed by atoms with Crippen molar-refractivity contribution in [3.8, 4) is 0 Å². The van der Waals surface area contributed by atoms with Crippen LogP contribution in [0, 0.1) is 5.92 Å². The lowest BCUT2D eigenvalue weighted by Crippen LogP contribution is -2.48. The minimum Gasteiger partial charge on any atom is -0.302 e. The van der Waals surface area contributed by atoms with Crippen LogP contribution in [0.25, 0.3) is 0 Å². The minimum atomic E-state index is -0.642. The highest BCUT2D eigenvalue weighted by Crippen LogP contribution is 2.15. The average Bonchev–Trinajstić information content (AvgIpc) is 1.84. The Morgan fingerprint density at radius 3 is 2.73 bits per heavy atom. The van der Waals surface area contributed by atoms with Crippen LogP contribution in [-0.4, -0.2) is 46.6 Å². The van der Waals surface area contributed by atoms with Crippen molar-refractivity contribution in [2.45, 2.75) is 0 Å². The van der Waals surface area contributed by atoms with Gasteiger partial charge in [-0.15, -0.1) is 11.6 Å². The van der Waals surface area contributed by atoms with Crippen LogP contribution in [0.1, 0.15) is 0 Å². The Morgan fingerprint density at radius 1 is 1.64 bits per heavy atom. The normalized spacial score (nSPS) is 23.1. The first-order chi connectivity index (χ1) is 5.22. The van der Waals surface area contributed by atoms with Gasteiger partial charge in [-0.3, -0.25) is 4.21 Å². The predicted molar refractivity (Wildman–Crippen MR) is 49.6 cm³/mol. The highest BCUT2D eigenvalue weighted by molar-refractivity contribution is 7.84. The van der Waals surface area contributed by atoms with Gasteiger partial charge in [0, 0.05) is 48.3 Å². The molecule has 11 heavy (non-hydrogen) atoms. The van der Waals surface area contributed by atoms with E-state index < -0.39 is 10.8 Å². The minimum absolute atomic E-state index is 0.642. The predicted octanol–water partition coefficient (Wildman–Crippen LogP) is 0.536. The molecule has 1 rings (SSSR count). The summed E-state index contributed by atoms with van der Waals surface area (Å²) in [7, 11) is -0.642. The Bertz CT molecular complexity index is 147.